The van der Waals surface area contributed by atoms with Crippen LogP contribution in [-0.2, 0) is 23.1 Å². The molecule has 3 N–H and O–H groups in total. The molecule has 0 bridgehead atoms. The number of fused-ring (bicyclic) bond motifs is 1. The first-order valence-corrected chi connectivity index (χ1v) is 15.0. The molecule has 4 amide bonds. The number of piperidine rings is 1. The number of urea groups is 1. The van der Waals surface area contributed by atoms with E-state index in [9.17, 15) is 32.7 Å². The Hall–Kier alpha value is -4.96. The fourth-order valence-electron chi connectivity index (χ4n) is 5.72. The molecule has 13 nitrogen and oxygen atoms in total. The van der Waals surface area contributed by atoms with Crippen LogP contribution in [0.15, 0.2) is 48.9 Å². The van der Waals surface area contributed by atoms with Gasteiger partial charge in [0.1, 0.15) is 11.4 Å². The molecule has 16 heteroatoms. The minimum Gasteiger partial charge on any atom is -0.386 e. The molecule has 3 aromatic heterocycles. The zero-order valence-electron chi connectivity index (χ0n) is 25.6. The van der Waals surface area contributed by atoms with Crippen molar-refractivity contribution >= 4 is 40.3 Å². The lowest BCUT2D eigenvalue weighted by Crippen LogP contribution is -2.50. The number of nitrogens with one attached hydrogen (secondary N) is 2. The maximum absolute atomic E-state index is 13.2. The maximum atomic E-state index is 13.2. The lowest BCUT2D eigenvalue weighted by Gasteiger charge is -2.31. The van der Waals surface area contributed by atoms with E-state index in [2.05, 4.69) is 30.5 Å². The van der Waals surface area contributed by atoms with E-state index < -0.39 is 35.1 Å². The van der Waals surface area contributed by atoms with Gasteiger partial charge in [-0.1, -0.05) is 6.07 Å². The van der Waals surface area contributed by atoms with E-state index in [1.54, 1.807) is 32.2 Å². The molecule has 0 radical (unpaired) electrons. The number of imide groups is 1. The van der Waals surface area contributed by atoms with Crippen LogP contribution in [-0.4, -0.2) is 72.2 Å². The van der Waals surface area contributed by atoms with E-state index in [-0.39, 0.29) is 30.6 Å². The van der Waals surface area contributed by atoms with Crippen LogP contribution in [0.3, 0.4) is 0 Å². The summed E-state index contributed by atoms with van der Waals surface area (Å²) >= 11 is 0. The molecule has 246 valence electrons. The predicted molar refractivity (Wildman–Crippen MR) is 163 cm³/mol. The molecule has 0 spiro atoms. The molecule has 1 aromatic carbocycles. The Kier molecular flexibility index (Phi) is 8.40. The molecule has 0 saturated carbocycles. The zero-order chi connectivity index (χ0) is 33.5. The summed E-state index contributed by atoms with van der Waals surface area (Å²) in [6, 6.07) is 6.00. The van der Waals surface area contributed by atoms with E-state index in [0.717, 1.165) is 43.8 Å². The van der Waals surface area contributed by atoms with Gasteiger partial charge in [-0.15, -0.1) is 0 Å². The molecular weight excluding hydrogens is 619 g/mol. The summed E-state index contributed by atoms with van der Waals surface area (Å²) in [5.41, 5.74) is -1.03. The highest BCUT2D eigenvalue weighted by atomic mass is 19.4. The number of hydrogen-bond acceptors (Lipinski definition) is 9. The van der Waals surface area contributed by atoms with Gasteiger partial charge in [0.15, 0.2) is 5.82 Å². The van der Waals surface area contributed by atoms with Crippen LogP contribution < -0.4 is 15.5 Å². The molecule has 47 heavy (non-hydrogen) atoms. The molecule has 2 fully saturated rings. The third-order valence-corrected chi connectivity index (χ3v) is 8.18. The lowest BCUT2D eigenvalue weighted by atomic mass is 9.95. The largest absolute Gasteiger partial charge is 0.433 e. The van der Waals surface area contributed by atoms with Crippen molar-refractivity contribution in [3.8, 4) is 0 Å². The van der Waals surface area contributed by atoms with Crippen LogP contribution in [0.5, 0.6) is 0 Å². The van der Waals surface area contributed by atoms with Crippen LogP contribution in [0.1, 0.15) is 66.6 Å². The summed E-state index contributed by atoms with van der Waals surface area (Å²) < 4.78 is 41.3. The monoisotopic (exact) mass is 651 g/mol. The van der Waals surface area contributed by atoms with Gasteiger partial charge in [0.25, 0.3) is 5.91 Å². The summed E-state index contributed by atoms with van der Waals surface area (Å²) in [6.07, 6.45) is 2.11. The summed E-state index contributed by atoms with van der Waals surface area (Å²) in [5.74, 6) is -0.774. The van der Waals surface area contributed by atoms with Crippen molar-refractivity contribution in [3.63, 3.8) is 0 Å². The molecule has 0 unspecified atom stereocenters. The van der Waals surface area contributed by atoms with E-state index >= 15 is 0 Å². The molecule has 5 heterocycles. The van der Waals surface area contributed by atoms with Crippen molar-refractivity contribution in [3.05, 3.63) is 71.6 Å². The second-order valence-electron chi connectivity index (χ2n) is 12.1. The molecule has 2 aliphatic rings. The number of alkyl halides is 3. The number of nitrogens with zero attached hydrogens (tertiary/aromatic N) is 7. The van der Waals surface area contributed by atoms with E-state index in [0.29, 0.717) is 28.8 Å². The third-order valence-electron chi connectivity index (χ3n) is 8.18. The average Bonchev–Trinajstić information content (AvgIpc) is 3.44. The topological polar surface area (TPSA) is 158 Å². The Labute approximate surface area is 266 Å². The predicted octanol–water partition coefficient (Wildman–Crippen LogP) is 4.00. The first kappa shape index (κ1) is 32.0. The van der Waals surface area contributed by atoms with Gasteiger partial charge in [-0.2, -0.15) is 18.3 Å². The minimum atomic E-state index is -4.70. The Morgan fingerprint density at radius 3 is 2.51 bits per heavy atom. The molecule has 2 aliphatic heterocycles. The Balaban J connectivity index is 1.12. The number of hydrogen-bond donors (Lipinski definition) is 3. The minimum absolute atomic E-state index is 0.0883. The Bertz CT molecular complexity index is 1830. The van der Waals surface area contributed by atoms with Gasteiger partial charge in [-0.3, -0.25) is 34.4 Å². The Morgan fingerprint density at radius 1 is 1.09 bits per heavy atom. The van der Waals surface area contributed by atoms with Crippen molar-refractivity contribution in [2.24, 2.45) is 0 Å². The fourth-order valence-corrected chi connectivity index (χ4v) is 5.72. The van der Waals surface area contributed by atoms with Gasteiger partial charge in [0.2, 0.25) is 5.91 Å². The molecule has 6 rings (SSSR count). The summed E-state index contributed by atoms with van der Waals surface area (Å²) in [6.45, 7) is 5.45. The van der Waals surface area contributed by atoms with Gasteiger partial charge in [-0.05, 0) is 51.0 Å². The van der Waals surface area contributed by atoms with Crippen molar-refractivity contribution < 1.29 is 32.7 Å². The van der Waals surface area contributed by atoms with Gasteiger partial charge < -0.3 is 10.4 Å². The second kappa shape index (κ2) is 12.3. The van der Waals surface area contributed by atoms with Crippen molar-refractivity contribution in [1.29, 1.82) is 0 Å². The number of carbonyl (C=O) groups excluding carboxylic acids is 3. The highest BCUT2D eigenvalue weighted by molar-refractivity contribution is 6.05. The van der Waals surface area contributed by atoms with Crippen LogP contribution in [0, 0.1) is 0 Å². The number of amides is 4. The van der Waals surface area contributed by atoms with Gasteiger partial charge in [0, 0.05) is 55.4 Å². The van der Waals surface area contributed by atoms with Crippen LogP contribution in [0.2, 0.25) is 0 Å². The molecular formula is C31H32F3N9O4. The standard InChI is InChI=1S/C31H32F3N9O4/c1-30(2,47)21-13-23-18(12-24(21)38-28(45)22-4-3-5-25(37-22)31(32,33)34)16-43(40-23)20-6-9-41(10-7-20)17-19-14-36-26(15-35-19)42-11-8-27(44)39-29(42)46/h3-5,12-16,20,47H,6-11,17H2,1-2H3,(H,38,45)(H,39,44,46). The summed E-state index contributed by atoms with van der Waals surface area (Å²) in [7, 11) is 0. The highest BCUT2D eigenvalue weighted by Gasteiger charge is 2.33. The number of pyridine rings is 1. The number of carbonyl (C=O) groups is 3. The van der Waals surface area contributed by atoms with Crippen molar-refractivity contribution in [1.82, 2.24) is 34.9 Å². The third kappa shape index (κ3) is 7.07. The highest BCUT2D eigenvalue weighted by Crippen LogP contribution is 2.34. The first-order chi connectivity index (χ1) is 22.2. The zero-order valence-corrected chi connectivity index (χ0v) is 25.6. The smallest absolute Gasteiger partial charge is 0.386 e. The van der Waals surface area contributed by atoms with Gasteiger partial charge in [-0.25, -0.2) is 14.8 Å². The number of likely N-dealkylation sites (tertiary alicyclic amines) is 1. The summed E-state index contributed by atoms with van der Waals surface area (Å²) in [4.78, 5) is 52.4. The lowest BCUT2D eigenvalue weighted by molar-refractivity contribution is -0.141. The van der Waals surface area contributed by atoms with Gasteiger partial charge in [0.05, 0.1) is 35.2 Å². The molecule has 2 saturated heterocycles. The summed E-state index contributed by atoms with van der Waals surface area (Å²) in [5, 5.41) is 21.2. The van der Waals surface area contributed by atoms with Crippen LogP contribution >= 0.6 is 0 Å². The normalized spacial score (nSPS) is 16.9. The van der Waals surface area contributed by atoms with E-state index in [1.165, 1.54) is 17.2 Å². The van der Waals surface area contributed by atoms with E-state index in [4.69, 9.17) is 5.10 Å². The Morgan fingerprint density at radius 2 is 1.85 bits per heavy atom. The maximum Gasteiger partial charge on any atom is 0.433 e. The first-order valence-electron chi connectivity index (χ1n) is 15.0. The number of aromatic nitrogens is 5. The fraction of sp³-hybridized carbons (Fsp3) is 0.387. The average molecular weight is 652 g/mol. The SMILES string of the molecule is CC(C)(O)c1cc2nn(C3CCN(Cc4cnc(N5CCC(=O)NC5=O)cn4)CC3)cc2cc1NC(=O)c1cccc(C(F)(F)F)n1. The van der Waals surface area contributed by atoms with Gasteiger partial charge >= 0.3 is 12.2 Å². The number of anilines is 2. The molecule has 0 atom stereocenters. The van der Waals surface area contributed by atoms with E-state index in [1.807, 2.05) is 10.9 Å². The number of rotatable bonds is 7. The number of benzene rings is 1. The van der Waals surface area contributed by atoms with Crippen molar-refractivity contribution in [2.45, 2.75) is 57.5 Å². The number of halogens is 3. The number of aliphatic hydroxyl groups is 1. The molecule has 4 aromatic rings. The second-order valence-corrected chi connectivity index (χ2v) is 12.1. The van der Waals surface area contributed by atoms with Crippen molar-refractivity contribution in [2.75, 3.05) is 29.9 Å². The van der Waals surface area contributed by atoms with Crippen LogP contribution in [0.4, 0.5) is 29.5 Å². The quantitative estimate of drug-likeness (QED) is 0.269. The molecule has 0 aliphatic carbocycles. The van der Waals surface area contributed by atoms with Crippen LogP contribution in [0.25, 0.3) is 10.9 Å².